The van der Waals surface area contributed by atoms with Gasteiger partial charge in [0, 0.05) is 17.7 Å². The standard InChI is InChI=1S/C22H31ClO5/c1-15-7-6-8-16(2)22(15)28-14-18-17(19(23)13-20(18)25)9-4-3-5-10-21(26)27-12-11-24/h3-4,6-8,17-20,24-25H,5,9-14H2,1-2H3/b4-3-/t17-,18-,19-,20-/m1/s1. The van der Waals surface area contributed by atoms with E-state index in [2.05, 4.69) is 0 Å². The Hall–Kier alpha value is -1.56. The molecular formula is C22H31ClO5. The van der Waals surface area contributed by atoms with Gasteiger partial charge in [-0.3, -0.25) is 4.79 Å². The van der Waals surface area contributed by atoms with E-state index in [1.54, 1.807) is 0 Å². The van der Waals surface area contributed by atoms with E-state index >= 15 is 0 Å². The van der Waals surface area contributed by atoms with Gasteiger partial charge in [-0.05, 0) is 50.2 Å². The van der Waals surface area contributed by atoms with Crippen molar-refractivity contribution in [3.63, 3.8) is 0 Å². The van der Waals surface area contributed by atoms with Crippen LogP contribution in [-0.2, 0) is 9.53 Å². The minimum absolute atomic E-state index is 0.0272. The number of ether oxygens (including phenoxy) is 2. The van der Waals surface area contributed by atoms with Crippen molar-refractivity contribution in [2.24, 2.45) is 11.8 Å². The highest BCUT2D eigenvalue weighted by Crippen LogP contribution is 2.39. The first-order chi connectivity index (χ1) is 13.4. The maximum absolute atomic E-state index is 11.4. The second-order valence-corrected chi connectivity index (χ2v) is 7.93. The lowest BCUT2D eigenvalue weighted by atomic mass is 9.92. The predicted molar refractivity (Wildman–Crippen MR) is 110 cm³/mol. The number of allylic oxidation sites excluding steroid dienone is 2. The van der Waals surface area contributed by atoms with E-state index in [1.807, 2.05) is 44.2 Å². The van der Waals surface area contributed by atoms with Gasteiger partial charge >= 0.3 is 5.97 Å². The number of hydrogen-bond acceptors (Lipinski definition) is 5. The van der Waals surface area contributed by atoms with Crippen molar-refractivity contribution >= 4 is 17.6 Å². The van der Waals surface area contributed by atoms with E-state index in [-0.39, 0.29) is 42.8 Å². The number of aliphatic hydroxyl groups is 2. The Morgan fingerprint density at radius 3 is 2.64 bits per heavy atom. The maximum Gasteiger partial charge on any atom is 0.306 e. The van der Waals surface area contributed by atoms with Gasteiger partial charge in [0.15, 0.2) is 0 Å². The molecule has 0 aliphatic heterocycles. The molecule has 0 radical (unpaired) electrons. The normalized spacial score (nSPS) is 24.6. The average Bonchev–Trinajstić information content (AvgIpc) is 2.92. The van der Waals surface area contributed by atoms with E-state index in [4.69, 9.17) is 26.2 Å². The molecule has 5 nitrogen and oxygen atoms in total. The summed E-state index contributed by atoms with van der Waals surface area (Å²) in [6, 6.07) is 6.04. The molecule has 1 aliphatic rings. The van der Waals surface area contributed by atoms with Gasteiger partial charge in [0.05, 0.1) is 19.3 Å². The van der Waals surface area contributed by atoms with Crippen molar-refractivity contribution in [3.8, 4) is 5.75 Å². The zero-order chi connectivity index (χ0) is 20.5. The molecule has 0 aromatic heterocycles. The summed E-state index contributed by atoms with van der Waals surface area (Å²) in [5, 5.41) is 19.0. The largest absolute Gasteiger partial charge is 0.493 e. The third-order valence-corrected chi connectivity index (χ3v) is 5.75. The fraction of sp³-hybridized carbons (Fsp3) is 0.591. The molecule has 2 rings (SSSR count). The summed E-state index contributed by atoms with van der Waals surface area (Å²) in [4.78, 5) is 11.4. The topological polar surface area (TPSA) is 76.0 Å². The van der Waals surface area contributed by atoms with Crippen LogP contribution in [-0.4, -0.2) is 47.5 Å². The Kier molecular flexibility index (Phi) is 9.29. The molecule has 0 spiro atoms. The van der Waals surface area contributed by atoms with Crippen LogP contribution in [0.1, 0.15) is 36.8 Å². The van der Waals surface area contributed by atoms with Gasteiger partial charge < -0.3 is 19.7 Å². The van der Waals surface area contributed by atoms with Gasteiger partial charge in [-0.15, -0.1) is 11.6 Å². The SMILES string of the molecule is Cc1cccc(C)c1OC[C@@H]1[C@@H](C/C=C\CCC(=O)OCCO)[C@H](Cl)C[C@H]1O. The number of carbonyl (C=O) groups is 1. The highest BCUT2D eigenvalue weighted by Gasteiger charge is 2.41. The lowest BCUT2D eigenvalue weighted by Gasteiger charge is -2.23. The van der Waals surface area contributed by atoms with Crippen molar-refractivity contribution in [3.05, 3.63) is 41.5 Å². The molecule has 6 heteroatoms. The molecular weight excluding hydrogens is 380 g/mol. The Morgan fingerprint density at radius 2 is 1.96 bits per heavy atom. The van der Waals surface area contributed by atoms with E-state index in [0.717, 1.165) is 23.3 Å². The third kappa shape index (κ3) is 6.50. The van der Waals surface area contributed by atoms with Crippen LogP contribution in [0.2, 0.25) is 0 Å². The molecule has 156 valence electrons. The number of carbonyl (C=O) groups excluding carboxylic acids is 1. The number of hydrogen-bond donors (Lipinski definition) is 2. The summed E-state index contributed by atoms with van der Waals surface area (Å²) < 4.78 is 10.9. The van der Waals surface area contributed by atoms with Crippen molar-refractivity contribution in [1.82, 2.24) is 0 Å². The second-order valence-electron chi connectivity index (χ2n) is 7.37. The number of rotatable bonds is 10. The Bertz CT molecular complexity index is 640. The van der Waals surface area contributed by atoms with Crippen LogP contribution >= 0.6 is 11.6 Å². The lowest BCUT2D eigenvalue weighted by molar-refractivity contribution is -0.144. The number of aliphatic hydroxyl groups excluding tert-OH is 2. The first kappa shape index (κ1) is 22.7. The molecule has 0 unspecified atom stereocenters. The van der Waals surface area contributed by atoms with Crippen LogP contribution in [0.25, 0.3) is 0 Å². The summed E-state index contributed by atoms with van der Waals surface area (Å²) in [6.45, 7) is 4.35. The quantitative estimate of drug-likeness (QED) is 0.350. The lowest BCUT2D eigenvalue weighted by Crippen LogP contribution is -2.27. The van der Waals surface area contributed by atoms with Crippen molar-refractivity contribution < 1.29 is 24.5 Å². The smallest absolute Gasteiger partial charge is 0.306 e. The van der Waals surface area contributed by atoms with Crippen LogP contribution < -0.4 is 4.74 Å². The minimum Gasteiger partial charge on any atom is -0.493 e. The van der Waals surface area contributed by atoms with Crippen molar-refractivity contribution in [1.29, 1.82) is 0 Å². The zero-order valence-electron chi connectivity index (χ0n) is 16.6. The molecule has 28 heavy (non-hydrogen) atoms. The Labute approximate surface area is 172 Å². The van der Waals surface area contributed by atoms with Crippen molar-refractivity contribution in [2.45, 2.75) is 51.0 Å². The summed E-state index contributed by atoms with van der Waals surface area (Å²) >= 11 is 6.49. The van der Waals surface area contributed by atoms with Crippen LogP contribution in [0.3, 0.4) is 0 Å². The van der Waals surface area contributed by atoms with Crippen LogP contribution in [0, 0.1) is 25.7 Å². The van der Waals surface area contributed by atoms with Gasteiger partial charge in [-0.1, -0.05) is 30.4 Å². The Balaban J connectivity index is 1.86. The molecule has 4 atom stereocenters. The van der Waals surface area contributed by atoms with Gasteiger partial charge in [0.1, 0.15) is 12.4 Å². The third-order valence-electron chi connectivity index (χ3n) is 5.25. The Morgan fingerprint density at radius 1 is 1.25 bits per heavy atom. The van der Waals surface area contributed by atoms with Gasteiger partial charge in [0.25, 0.3) is 0 Å². The van der Waals surface area contributed by atoms with Gasteiger partial charge in [-0.2, -0.15) is 0 Å². The summed E-state index contributed by atoms with van der Waals surface area (Å²) in [6.07, 6.45) is 5.65. The van der Waals surface area contributed by atoms with E-state index in [1.165, 1.54) is 0 Å². The number of halogens is 1. The predicted octanol–water partition coefficient (Wildman–Crippen LogP) is 3.55. The molecule has 0 heterocycles. The molecule has 1 fully saturated rings. The number of para-hydroxylation sites is 1. The maximum atomic E-state index is 11.4. The van der Waals surface area contributed by atoms with Crippen LogP contribution in [0.15, 0.2) is 30.4 Å². The summed E-state index contributed by atoms with van der Waals surface area (Å²) in [7, 11) is 0. The first-order valence-corrected chi connectivity index (χ1v) is 10.3. The summed E-state index contributed by atoms with van der Waals surface area (Å²) in [5.41, 5.74) is 2.17. The molecule has 2 N–H and O–H groups in total. The van der Waals surface area contributed by atoms with E-state index < -0.39 is 6.10 Å². The molecule has 0 saturated heterocycles. The molecule has 1 aromatic carbocycles. The van der Waals surface area contributed by atoms with Gasteiger partial charge in [0.2, 0.25) is 0 Å². The summed E-state index contributed by atoms with van der Waals surface area (Å²) in [5.74, 6) is 0.660. The van der Waals surface area contributed by atoms with E-state index in [0.29, 0.717) is 19.4 Å². The van der Waals surface area contributed by atoms with E-state index in [9.17, 15) is 9.90 Å². The zero-order valence-corrected chi connectivity index (χ0v) is 17.4. The number of benzene rings is 1. The van der Waals surface area contributed by atoms with Crippen LogP contribution in [0.5, 0.6) is 5.75 Å². The second kappa shape index (κ2) is 11.4. The van der Waals surface area contributed by atoms with Gasteiger partial charge in [-0.25, -0.2) is 0 Å². The minimum atomic E-state index is -0.473. The highest BCUT2D eigenvalue weighted by molar-refractivity contribution is 6.21. The monoisotopic (exact) mass is 410 g/mol. The number of esters is 1. The average molecular weight is 411 g/mol. The molecule has 1 aliphatic carbocycles. The molecule has 1 saturated carbocycles. The van der Waals surface area contributed by atoms with Crippen molar-refractivity contribution in [2.75, 3.05) is 19.8 Å². The number of alkyl halides is 1. The number of aryl methyl sites for hydroxylation is 2. The highest BCUT2D eigenvalue weighted by atomic mass is 35.5. The van der Waals surface area contributed by atoms with Crippen LogP contribution in [0.4, 0.5) is 0 Å². The molecule has 0 amide bonds. The first-order valence-electron chi connectivity index (χ1n) is 9.86. The molecule has 1 aromatic rings. The fourth-order valence-electron chi connectivity index (χ4n) is 3.70. The molecule has 0 bridgehead atoms. The fourth-order valence-corrected chi connectivity index (χ4v) is 4.17.